The normalized spacial score (nSPS) is 10.7. The van der Waals surface area contributed by atoms with Crippen LogP contribution in [0.15, 0.2) is 42.9 Å². The summed E-state index contributed by atoms with van der Waals surface area (Å²) in [5.74, 6) is 0. The Morgan fingerprint density at radius 1 is 1.28 bits per heavy atom. The Balaban J connectivity index is 1.94. The summed E-state index contributed by atoms with van der Waals surface area (Å²) in [7, 11) is 0. The van der Waals surface area contributed by atoms with Crippen molar-refractivity contribution in [3.05, 3.63) is 48.4 Å². The lowest BCUT2D eigenvalue weighted by molar-refractivity contribution is 1.09. The second-order valence-electron chi connectivity index (χ2n) is 4.06. The summed E-state index contributed by atoms with van der Waals surface area (Å²) in [6.07, 6.45) is 5.41. The molecule has 5 heteroatoms. The fraction of sp³-hybridized carbons (Fsp3) is 0.0769. The molecule has 3 rings (SSSR count). The second kappa shape index (κ2) is 4.37. The van der Waals surface area contributed by atoms with Gasteiger partial charge >= 0.3 is 0 Å². The Morgan fingerprint density at radius 2 is 2.22 bits per heavy atom. The minimum absolute atomic E-state index is 0.694. The number of aromatic amines is 1. The molecular weight excluding hydrogens is 226 g/mol. The van der Waals surface area contributed by atoms with E-state index in [1.165, 1.54) is 0 Å². The maximum atomic E-state index is 5.91. The minimum Gasteiger partial charge on any atom is -0.397 e. The molecule has 2 aromatic heterocycles. The SMILES string of the molecule is Nc1ccc(NCc2cn[nH]c2)c2cccnc12. The van der Waals surface area contributed by atoms with Crippen molar-refractivity contribution >= 4 is 22.3 Å². The van der Waals surface area contributed by atoms with Crippen molar-refractivity contribution in [1.82, 2.24) is 15.2 Å². The molecule has 0 fully saturated rings. The van der Waals surface area contributed by atoms with Gasteiger partial charge in [-0.1, -0.05) is 0 Å². The first-order chi connectivity index (χ1) is 8.84. The van der Waals surface area contributed by atoms with Crippen LogP contribution in [-0.2, 0) is 6.54 Å². The number of anilines is 2. The summed E-state index contributed by atoms with van der Waals surface area (Å²) in [5.41, 5.74) is 9.56. The Kier molecular flexibility index (Phi) is 2.57. The molecule has 18 heavy (non-hydrogen) atoms. The third kappa shape index (κ3) is 1.86. The molecule has 0 radical (unpaired) electrons. The molecular formula is C13H13N5. The molecule has 0 aliphatic rings. The van der Waals surface area contributed by atoms with Crippen molar-refractivity contribution in [3.8, 4) is 0 Å². The molecule has 5 nitrogen and oxygen atoms in total. The van der Waals surface area contributed by atoms with E-state index in [1.54, 1.807) is 12.4 Å². The van der Waals surface area contributed by atoms with E-state index in [1.807, 2.05) is 30.5 Å². The quantitative estimate of drug-likeness (QED) is 0.612. The molecule has 90 valence electrons. The summed E-state index contributed by atoms with van der Waals surface area (Å²) >= 11 is 0. The van der Waals surface area contributed by atoms with E-state index in [4.69, 9.17) is 5.73 Å². The fourth-order valence-electron chi connectivity index (χ4n) is 1.92. The number of hydrogen-bond donors (Lipinski definition) is 3. The lowest BCUT2D eigenvalue weighted by Crippen LogP contribution is -2.00. The van der Waals surface area contributed by atoms with Gasteiger partial charge in [0.1, 0.15) is 0 Å². The average molecular weight is 239 g/mol. The first-order valence-corrected chi connectivity index (χ1v) is 5.69. The van der Waals surface area contributed by atoms with Crippen LogP contribution in [0.1, 0.15) is 5.56 Å². The zero-order chi connectivity index (χ0) is 12.4. The van der Waals surface area contributed by atoms with Crippen molar-refractivity contribution in [3.63, 3.8) is 0 Å². The zero-order valence-electron chi connectivity index (χ0n) is 9.72. The van der Waals surface area contributed by atoms with Crippen molar-refractivity contribution in [2.75, 3.05) is 11.1 Å². The van der Waals surface area contributed by atoms with Gasteiger partial charge in [0.25, 0.3) is 0 Å². The van der Waals surface area contributed by atoms with E-state index >= 15 is 0 Å². The summed E-state index contributed by atoms with van der Waals surface area (Å²) in [5, 5.41) is 11.1. The molecule has 0 aliphatic carbocycles. The lowest BCUT2D eigenvalue weighted by Gasteiger charge is -2.09. The maximum absolute atomic E-state index is 5.91. The van der Waals surface area contributed by atoms with Crippen LogP contribution < -0.4 is 11.1 Å². The van der Waals surface area contributed by atoms with Crippen molar-refractivity contribution in [1.29, 1.82) is 0 Å². The Labute approximate surface area is 104 Å². The van der Waals surface area contributed by atoms with Gasteiger partial charge in [0.15, 0.2) is 0 Å². The fourth-order valence-corrected chi connectivity index (χ4v) is 1.92. The van der Waals surface area contributed by atoms with Gasteiger partial charge in [-0.25, -0.2) is 0 Å². The molecule has 1 aromatic carbocycles. The van der Waals surface area contributed by atoms with Gasteiger partial charge in [0.05, 0.1) is 17.4 Å². The topological polar surface area (TPSA) is 79.6 Å². The largest absolute Gasteiger partial charge is 0.397 e. The molecule has 0 saturated carbocycles. The highest BCUT2D eigenvalue weighted by Crippen LogP contribution is 2.26. The maximum Gasteiger partial charge on any atom is 0.0951 e. The van der Waals surface area contributed by atoms with Crippen molar-refractivity contribution < 1.29 is 0 Å². The monoisotopic (exact) mass is 239 g/mol. The Morgan fingerprint density at radius 3 is 3.06 bits per heavy atom. The minimum atomic E-state index is 0.694. The van der Waals surface area contributed by atoms with E-state index < -0.39 is 0 Å². The summed E-state index contributed by atoms with van der Waals surface area (Å²) in [4.78, 5) is 4.30. The predicted octanol–water partition coefficient (Wildman–Crippen LogP) is 2.15. The smallest absolute Gasteiger partial charge is 0.0951 e. The third-order valence-corrected chi connectivity index (χ3v) is 2.84. The van der Waals surface area contributed by atoms with Crippen LogP contribution in [0.4, 0.5) is 11.4 Å². The number of nitrogens with two attached hydrogens (primary N) is 1. The number of fused-ring (bicyclic) bond motifs is 1. The van der Waals surface area contributed by atoms with E-state index in [2.05, 4.69) is 20.5 Å². The Hall–Kier alpha value is -2.56. The van der Waals surface area contributed by atoms with Gasteiger partial charge in [0.2, 0.25) is 0 Å². The first-order valence-electron chi connectivity index (χ1n) is 5.69. The zero-order valence-corrected chi connectivity index (χ0v) is 9.72. The lowest BCUT2D eigenvalue weighted by atomic mass is 10.1. The number of H-pyrrole nitrogens is 1. The van der Waals surface area contributed by atoms with Gasteiger partial charge in [-0.05, 0) is 24.3 Å². The first kappa shape index (κ1) is 10.6. The molecule has 0 atom stereocenters. The number of nitrogen functional groups attached to an aromatic ring is 1. The van der Waals surface area contributed by atoms with Crippen LogP contribution in [0.2, 0.25) is 0 Å². The van der Waals surface area contributed by atoms with Crippen molar-refractivity contribution in [2.24, 2.45) is 0 Å². The van der Waals surface area contributed by atoms with Crippen LogP contribution in [-0.4, -0.2) is 15.2 Å². The highest BCUT2D eigenvalue weighted by molar-refractivity contribution is 5.98. The van der Waals surface area contributed by atoms with Gasteiger partial charge in [-0.15, -0.1) is 0 Å². The predicted molar refractivity (Wildman–Crippen MR) is 72.1 cm³/mol. The molecule has 0 bridgehead atoms. The molecule has 0 saturated heterocycles. The molecule has 3 aromatic rings. The highest BCUT2D eigenvalue weighted by Gasteiger charge is 2.04. The molecule has 0 amide bonds. The molecule has 0 unspecified atom stereocenters. The standard InChI is InChI=1S/C13H13N5/c14-11-3-4-12(10-2-1-5-15-13(10)11)16-6-9-7-17-18-8-9/h1-5,7-8,16H,6,14H2,(H,17,18). The van der Waals surface area contributed by atoms with Gasteiger partial charge in [-0.3, -0.25) is 10.1 Å². The number of benzene rings is 1. The number of pyridine rings is 1. The molecule has 0 spiro atoms. The van der Waals surface area contributed by atoms with Crippen LogP contribution in [0.5, 0.6) is 0 Å². The van der Waals surface area contributed by atoms with Gasteiger partial charge in [0, 0.05) is 35.6 Å². The van der Waals surface area contributed by atoms with Crippen molar-refractivity contribution in [2.45, 2.75) is 6.54 Å². The van der Waals surface area contributed by atoms with E-state index in [-0.39, 0.29) is 0 Å². The van der Waals surface area contributed by atoms with Crippen LogP contribution >= 0.6 is 0 Å². The van der Waals surface area contributed by atoms with Gasteiger partial charge in [-0.2, -0.15) is 5.10 Å². The number of nitrogens with zero attached hydrogens (tertiary/aromatic N) is 2. The van der Waals surface area contributed by atoms with Crippen LogP contribution in [0, 0.1) is 0 Å². The molecule has 0 aliphatic heterocycles. The summed E-state index contributed by atoms with van der Waals surface area (Å²) in [6.45, 7) is 0.713. The summed E-state index contributed by atoms with van der Waals surface area (Å²) < 4.78 is 0. The third-order valence-electron chi connectivity index (χ3n) is 2.84. The molecule has 2 heterocycles. The van der Waals surface area contributed by atoms with E-state index in [9.17, 15) is 0 Å². The van der Waals surface area contributed by atoms with E-state index in [0.717, 1.165) is 22.2 Å². The number of nitrogens with one attached hydrogen (secondary N) is 2. The van der Waals surface area contributed by atoms with Crippen LogP contribution in [0.3, 0.4) is 0 Å². The number of hydrogen-bond acceptors (Lipinski definition) is 4. The Bertz CT molecular complexity index is 660. The number of aromatic nitrogens is 3. The average Bonchev–Trinajstić information content (AvgIpc) is 2.92. The number of rotatable bonds is 3. The van der Waals surface area contributed by atoms with E-state index in [0.29, 0.717) is 12.2 Å². The van der Waals surface area contributed by atoms with Crippen LogP contribution in [0.25, 0.3) is 10.9 Å². The second-order valence-corrected chi connectivity index (χ2v) is 4.06. The highest BCUT2D eigenvalue weighted by atomic mass is 15.1. The van der Waals surface area contributed by atoms with Gasteiger partial charge < -0.3 is 11.1 Å². The summed E-state index contributed by atoms with van der Waals surface area (Å²) in [6, 6.07) is 7.76. The molecule has 4 N–H and O–H groups in total.